The lowest BCUT2D eigenvalue weighted by Crippen LogP contribution is -2.35. The van der Waals surface area contributed by atoms with Crippen LogP contribution in [0.5, 0.6) is 28.7 Å². The van der Waals surface area contributed by atoms with Crippen molar-refractivity contribution in [3.05, 3.63) is 41.5 Å². The number of carbonyl (C=O) groups excluding carboxylic acids is 1. The van der Waals surface area contributed by atoms with E-state index >= 15 is 0 Å². The molecule has 1 atom stereocenters. The lowest BCUT2D eigenvalue weighted by molar-refractivity contribution is 0.0483. The van der Waals surface area contributed by atoms with E-state index in [1.54, 1.807) is 26.4 Å². The first-order valence-electron chi connectivity index (χ1n) is 11.5. The molecule has 0 aliphatic carbocycles. The van der Waals surface area contributed by atoms with E-state index in [0.717, 1.165) is 50.4 Å². The first-order valence-corrected chi connectivity index (χ1v) is 11.5. The number of benzene rings is 2. The Balaban J connectivity index is 1.52. The fourth-order valence-electron chi connectivity index (χ4n) is 4.37. The summed E-state index contributed by atoms with van der Waals surface area (Å²) in [6.07, 6.45) is 3.03. The lowest BCUT2D eigenvalue weighted by atomic mass is 9.90. The van der Waals surface area contributed by atoms with Crippen molar-refractivity contribution in [3.63, 3.8) is 0 Å². The molecule has 8 nitrogen and oxygen atoms in total. The second-order valence-corrected chi connectivity index (χ2v) is 8.16. The number of esters is 1. The zero-order chi connectivity index (χ0) is 24.5. The molecular weight excluding hydrogens is 438 g/mol. The van der Waals surface area contributed by atoms with Crippen LogP contribution in [-0.2, 0) is 4.74 Å². The molecule has 0 N–H and O–H groups in total. The summed E-state index contributed by atoms with van der Waals surface area (Å²) in [6.45, 7) is 3.22. The normalized spacial score (nSPS) is 16.0. The van der Waals surface area contributed by atoms with Crippen molar-refractivity contribution in [2.24, 2.45) is 0 Å². The molecule has 1 aliphatic heterocycles. The molecule has 0 bridgehead atoms. The van der Waals surface area contributed by atoms with Gasteiger partial charge in [-0.05, 0) is 61.6 Å². The topological polar surface area (TPSA) is 75.7 Å². The molecule has 34 heavy (non-hydrogen) atoms. The summed E-state index contributed by atoms with van der Waals surface area (Å²) in [5, 5.41) is 0. The van der Waals surface area contributed by atoms with E-state index in [2.05, 4.69) is 17.0 Å². The van der Waals surface area contributed by atoms with Crippen LogP contribution >= 0.6 is 0 Å². The molecule has 3 rings (SSSR count). The van der Waals surface area contributed by atoms with E-state index in [0.29, 0.717) is 35.3 Å². The van der Waals surface area contributed by atoms with E-state index < -0.39 is 5.97 Å². The van der Waals surface area contributed by atoms with Gasteiger partial charge in [-0.15, -0.1) is 0 Å². The largest absolute Gasteiger partial charge is 0.493 e. The van der Waals surface area contributed by atoms with Gasteiger partial charge in [0.2, 0.25) is 5.75 Å². The molecule has 0 spiro atoms. The minimum absolute atomic E-state index is 0.340. The molecule has 1 aliphatic rings. The van der Waals surface area contributed by atoms with Crippen LogP contribution in [0, 0.1) is 0 Å². The van der Waals surface area contributed by atoms with Crippen LogP contribution in [0.1, 0.15) is 41.1 Å². The molecule has 2 aromatic rings. The van der Waals surface area contributed by atoms with Crippen molar-refractivity contribution in [2.75, 3.05) is 61.8 Å². The number of ether oxygens (including phenoxy) is 6. The summed E-state index contributed by atoms with van der Waals surface area (Å²) in [6, 6.07) is 9.36. The molecule has 1 unspecified atom stereocenters. The molecule has 186 valence electrons. The summed E-state index contributed by atoms with van der Waals surface area (Å²) in [7, 11) is 7.86. The van der Waals surface area contributed by atoms with Crippen LogP contribution in [0.15, 0.2) is 30.3 Å². The van der Waals surface area contributed by atoms with E-state index in [4.69, 9.17) is 28.4 Å². The molecule has 1 saturated heterocycles. The van der Waals surface area contributed by atoms with E-state index in [1.807, 2.05) is 6.07 Å². The van der Waals surface area contributed by atoms with Gasteiger partial charge in [0.25, 0.3) is 0 Å². The monoisotopic (exact) mass is 473 g/mol. The predicted octanol–water partition coefficient (Wildman–Crippen LogP) is 4.16. The Morgan fingerprint density at radius 1 is 0.882 bits per heavy atom. The van der Waals surface area contributed by atoms with Gasteiger partial charge in [-0.3, -0.25) is 0 Å². The average molecular weight is 474 g/mol. The molecule has 0 aromatic heterocycles. The summed E-state index contributed by atoms with van der Waals surface area (Å²) in [5.74, 6) is 2.81. The van der Waals surface area contributed by atoms with Gasteiger partial charge in [0.05, 0.1) is 47.7 Å². The second-order valence-electron chi connectivity index (χ2n) is 8.16. The molecule has 0 saturated carbocycles. The number of hydrogen-bond acceptors (Lipinski definition) is 8. The lowest BCUT2D eigenvalue weighted by Gasteiger charge is -2.33. The molecule has 1 fully saturated rings. The third-order valence-corrected chi connectivity index (χ3v) is 6.14. The molecule has 0 amide bonds. The van der Waals surface area contributed by atoms with Crippen LogP contribution < -0.4 is 23.7 Å². The summed E-state index contributed by atoms with van der Waals surface area (Å²) in [5.41, 5.74) is 1.62. The van der Waals surface area contributed by atoms with E-state index in [9.17, 15) is 4.79 Å². The highest BCUT2D eigenvalue weighted by Crippen LogP contribution is 2.38. The number of nitrogens with zero attached hydrogens (tertiary/aromatic N) is 1. The van der Waals surface area contributed by atoms with Gasteiger partial charge in [0, 0.05) is 13.1 Å². The van der Waals surface area contributed by atoms with Crippen molar-refractivity contribution in [2.45, 2.75) is 25.2 Å². The average Bonchev–Trinajstić information content (AvgIpc) is 2.89. The Hall–Kier alpha value is -3.13. The Bertz CT molecular complexity index is 937. The number of rotatable bonds is 11. The SMILES string of the molecule is COc1ccc(C2CCCN(CCCOC(=O)c3cc(OC)c(OC)c(OC)c3)C2)cc1OC. The van der Waals surface area contributed by atoms with Gasteiger partial charge in [0.15, 0.2) is 23.0 Å². The standard InChI is InChI=1S/C26H35NO7/c1-29-21-10-9-18(14-22(21)30-2)19-8-6-11-27(17-19)12-7-13-34-26(28)20-15-23(31-3)25(33-5)24(16-20)32-4/h9-10,14-16,19H,6-8,11-13,17H2,1-5H3. The van der Waals surface area contributed by atoms with Gasteiger partial charge in [-0.1, -0.05) is 6.07 Å². The maximum absolute atomic E-state index is 12.6. The van der Waals surface area contributed by atoms with Crippen molar-refractivity contribution in [1.82, 2.24) is 4.90 Å². The zero-order valence-corrected chi connectivity index (χ0v) is 20.7. The highest BCUT2D eigenvalue weighted by molar-refractivity contribution is 5.91. The molecule has 2 aromatic carbocycles. The van der Waals surface area contributed by atoms with Gasteiger partial charge < -0.3 is 33.3 Å². The summed E-state index contributed by atoms with van der Waals surface area (Å²) < 4.78 is 32.3. The Morgan fingerprint density at radius 2 is 1.56 bits per heavy atom. The van der Waals surface area contributed by atoms with Crippen molar-refractivity contribution in [1.29, 1.82) is 0 Å². The molecule has 0 radical (unpaired) electrons. The van der Waals surface area contributed by atoms with Crippen molar-refractivity contribution in [3.8, 4) is 28.7 Å². The van der Waals surface area contributed by atoms with Gasteiger partial charge in [0.1, 0.15) is 0 Å². The summed E-state index contributed by atoms with van der Waals surface area (Å²) in [4.78, 5) is 15.0. The first-order chi connectivity index (χ1) is 16.5. The number of piperidine rings is 1. The highest BCUT2D eigenvalue weighted by Gasteiger charge is 2.23. The number of carbonyl (C=O) groups is 1. The van der Waals surface area contributed by atoms with Crippen molar-refractivity contribution >= 4 is 5.97 Å². The van der Waals surface area contributed by atoms with Gasteiger partial charge in [-0.2, -0.15) is 0 Å². The number of methoxy groups -OCH3 is 5. The predicted molar refractivity (Wildman–Crippen MR) is 129 cm³/mol. The molecule has 8 heteroatoms. The minimum atomic E-state index is -0.416. The number of likely N-dealkylation sites (tertiary alicyclic amines) is 1. The quantitative estimate of drug-likeness (QED) is 0.356. The fourth-order valence-corrected chi connectivity index (χ4v) is 4.37. The fraction of sp³-hybridized carbons (Fsp3) is 0.500. The Morgan fingerprint density at radius 3 is 2.18 bits per heavy atom. The third kappa shape index (κ3) is 6.05. The van der Waals surface area contributed by atoms with Crippen LogP contribution in [0.4, 0.5) is 0 Å². The van der Waals surface area contributed by atoms with Crippen molar-refractivity contribution < 1.29 is 33.2 Å². The Kier molecular flexibility index (Phi) is 9.27. The minimum Gasteiger partial charge on any atom is -0.493 e. The highest BCUT2D eigenvalue weighted by atomic mass is 16.5. The Labute approximate surface area is 201 Å². The maximum Gasteiger partial charge on any atom is 0.338 e. The van der Waals surface area contributed by atoms with Gasteiger partial charge in [-0.25, -0.2) is 4.79 Å². The first kappa shape index (κ1) is 25.5. The number of hydrogen-bond donors (Lipinski definition) is 0. The van der Waals surface area contributed by atoms with Crippen LogP contribution in [0.25, 0.3) is 0 Å². The summed E-state index contributed by atoms with van der Waals surface area (Å²) >= 11 is 0. The maximum atomic E-state index is 12.6. The van der Waals surface area contributed by atoms with Crippen LogP contribution in [-0.4, -0.2) is 72.7 Å². The third-order valence-electron chi connectivity index (χ3n) is 6.14. The second kappa shape index (κ2) is 12.4. The van der Waals surface area contributed by atoms with Crippen LogP contribution in [0.2, 0.25) is 0 Å². The molecular formula is C26H35NO7. The van der Waals surface area contributed by atoms with E-state index in [-0.39, 0.29) is 0 Å². The zero-order valence-electron chi connectivity index (χ0n) is 20.7. The van der Waals surface area contributed by atoms with Crippen LogP contribution in [0.3, 0.4) is 0 Å². The smallest absolute Gasteiger partial charge is 0.338 e. The molecule has 1 heterocycles. The van der Waals surface area contributed by atoms with E-state index in [1.165, 1.54) is 26.9 Å². The van der Waals surface area contributed by atoms with Gasteiger partial charge >= 0.3 is 5.97 Å².